The zero-order valence-corrected chi connectivity index (χ0v) is 15.9. The predicted molar refractivity (Wildman–Crippen MR) is 97.9 cm³/mol. The highest BCUT2D eigenvalue weighted by molar-refractivity contribution is 5.88. The van der Waals surface area contributed by atoms with Gasteiger partial charge in [0, 0.05) is 26.2 Å². The number of nitrogens with one attached hydrogen (secondary N) is 1. The third-order valence-electron chi connectivity index (χ3n) is 6.00. The zero-order valence-electron chi connectivity index (χ0n) is 15.9. The third-order valence-corrected chi connectivity index (χ3v) is 6.00. The fourth-order valence-corrected chi connectivity index (χ4v) is 4.23. The van der Waals surface area contributed by atoms with Crippen molar-refractivity contribution in [1.29, 1.82) is 0 Å². The van der Waals surface area contributed by atoms with E-state index < -0.39 is 17.5 Å². The lowest BCUT2D eigenvalue weighted by Crippen LogP contribution is -2.48. The number of hydrogen-bond donors (Lipinski definition) is 1. The van der Waals surface area contributed by atoms with Crippen molar-refractivity contribution in [3.8, 4) is 0 Å². The molecule has 0 bridgehead atoms. The maximum atomic E-state index is 13.2. The zero-order chi connectivity index (χ0) is 20.5. The summed E-state index contributed by atoms with van der Waals surface area (Å²) in [7, 11) is 0. The summed E-state index contributed by atoms with van der Waals surface area (Å²) in [6, 6.07) is 9.54. The maximum absolute atomic E-state index is 13.2. The minimum Gasteiger partial charge on any atom is -0.381 e. The molecule has 0 spiro atoms. The van der Waals surface area contributed by atoms with Crippen LogP contribution in [0, 0.1) is 5.92 Å². The molecule has 0 radical (unpaired) electrons. The van der Waals surface area contributed by atoms with Gasteiger partial charge in [0.1, 0.15) is 5.82 Å². The standard InChI is InChI=1S/C20H23F3N4O2/c21-20(22,23)15-6-7-16-25-26-17(27(16)13-15)12-24-18(28)19(8-10-29-11-9-19)14-4-2-1-3-5-14/h1-5,15H,6-13H2,(H,24,28)/t15-/m0/s1. The van der Waals surface area contributed by atoms with Gasteiger partial charge in [0.2, 0.25) is 5.91 Å². The Kier molecular flexibility index (Phi) is 5.33. The first-order valence-electron chi connectivity index (χ1n) is 9.79. The van der Waals surface area contributed by atoms with Crippen LogP contribution in [0.5, 0.6) is 0 Å². The number of amides is 1. The summed E-state index contributed by atoms with van der Waals surface area (Å²) in [5.41, 5.74) is 0.208. The normalized spacial score (nSPS) is 21.4. The van der Waals surface area contributed by atoms with Gasteiger partial charge in [-0.15, -0.1) is 10.2 Å². The topological polar surface area (TPSA) is 69.0 Å². The van der Waals surface area contributed by atoms with Crippen molar-refractivity contribution in [2.75, 3.05) is 13.2 Å². The van der Waals surface area contributed by atoms with E-state index in [1.807, 2.05) is 30.3 Å². The van der Waals surface area contributed by atoms with E-state index in [1.54, 1.807) is 0 Å². The smallest absolute Gasteiger partial charge is 0.381 e. The van der Waals surface area contributed by atoms with Crippen molar-refractivity contribution in [3.05, 3.63) is 47.5 Å². The van der Waals surface area contributed by atoms with Crippen molar-refractivity contribution >= 4 is 5.91 Å². The highest BCUT2D eigenvalue weighted by Crippen LogP contribution is 2.36. The van der Waals surface area contributed by atoms with E-state index in [2.05, 4.69) is 15.5 Å². The van der Waals surface area contributed by atoms with Crippen molar-refractivity contribution in [1.82, 2.24) is 20.1 Å². The number of ether oxygens (including phenoxy) is 1. The van der Waals surface area contributed by atoms with E-state index in [0.717, 1.165) is 5.56 Å². The summed E-state index contributed by atoms with van der Waals surface area (Å²) < 4.78 is 46.4. The Morgan fingerprint density at radius 1 is 1.21 bits per heavy atom. The largest absolute Gasteiger partial charge is 0.393 e. The fourth-order valence-electron chi connectivity index (χ4n) is 4.23. The van der Waals surface area contributed by atoms with Crippen LogP contribution in [0.25, 0.3) is 0 Å². The van der Waals surface area contributed by atoms with Gasteiger partial charge in [-0.25, -0.2) is 0 Å². The number of aryl methyl sites for hydroxylation is 1. The average Bonchev–Trinajstić information content (AvgIpc) is 3.15. The molecular formula is C20H23F3N4O2. The number of alkyl halides is 3. The predicted octanol–water partition coefficient (Wildman–Crippen LogP) is 2.77. The molecule has 1 atom stereocenters. The van der Waals surface area contributed by atoms with Gasteiger partial charge in [-0.05, 0) is 24.8 Å². The van der Waals surface area contributed by atoms with Gasteiger partial charge in [0.25, 0.3) is 0 Å². The van der Waals surface area contributed by atoms with Crippen LogP contribution in [-0.2, 0) is 34.5 Å². The number of rotatable bonds is 4. The Hall–Kier alpha value is -2.42. The third kappa shape index (κ3) is 3.88. The van der Waals surface area contributed by atoms with Gasteiger partial charge in [0.05, 0.1) is 17.9 Å². The van der Waals surface area contributed by atoms with E-state index in [1.165, 1.54) is 4.57 Å². The quantitative estimate of drug-likeness (QED) is 0.845. The first-order chi connectivity index (χ1) is 13.9. The number of carbonyl (C=O) groups is 1. The van der Waals surface area contributed by atoms with E-state index in [0.29, 0.717) is 37.7 Å². The molecule has 2 aliphatic rings. The Morgan fingerprint density at radius 3 is 2.62 bits per heavy atom. The van der Waals surface area contributed by atoms with E-state index >= 15 is 0 Å². The fraction of sp³-hybridized carbons (Fsp3) is 0.550. The summed E-state index contributed by atoms with van der Waals surface area (Å²) in [5.74, 6) is -0.671. The van der Waals surface area contributed by atoms with Crippen LogP contribution in [0.1, 0.15) is 36.5 Å². The van der Waals surface area contributed by atoms with Crippen LogP contribution in [-0.4, -0.2) is 40.1 Å². The van der Waals surface area contributed by atoms with Crippen molar-refractivity contribution in [3.63, 3.8) is 0 Å². The van der Waals surface area contributed by atoms with Gasteiger partial charge in [0.15, 0.2) is 5.82 Å². The Labute approximate surface area is 166 Å². The molecule has 1 aromatic heterocycles. The summed E-state index contributed by atoms with van der Waals surface area (Å²) in [5, 5.41) is 10.9. The minimum absolute atomic E-state index is 0.0190. The van der Waals surface area contributed by atoms with Gasteiger partial charge in [-0.2, -0.15) is 13.2 Å². The van der Waals surface area contributed by atoms with Crippen LogP contribution in [0.4, 0.5) is 13.2 Å². The molecule has 0 aliphatic carbocycles. The van der Waals surface area contributed by atoms with E-state index in [9.17, 15) is 18.0 Å². The number of hydrogen-bond acceptors (Lipinski definition) is 4. The number of carbonyl (C=O) groups excluding carboxylic acids is 1. The molecule has 1 fully saturated rings. The number of fused-ring (bicyclic) bond motifs is 1. The van der Waals surface area contributed by atoms with Gasteiger partial charge in [-0.3, -0.25) is 4.79 Å². The Balaban J connectivity index is 1.51. The molecule has 3 heterocycles. The van der Waals surface area contributed by atoms with Crippen LogP contribution in [0.2, 0.25) is 0 Å². The second-order valence-electron chi connectivity index (χ2n) is 7.66. The summed E-state index contributed by atoms with van der Waals surface area (Å²) in [6.45, 7) is 0.812. The number of halogens is 3. The van der Waals surface area contributed by atoms with Crippen LogP contribution in [0.3, 0.4) is 0 Å². The molecule has 4 rings (SSSR count). The van der Waals surface area contributed by atoms with E-state index in [4.69, 9.17) is 4.74 Å². The van der Waals surface area contributed by atoms with Gasteiger partial charge in [-0.1, -0.05) is 30.3 Å². The van der Waals surface area contributed by atoms with Crippen LogP contribution in [0.15, 0.2) is 30.3 Å². The molecule has 1 saturated heterocycles. The summed E-state index contributed by atoms with van der Waals surface area (Å²) in [4.78, 5) is 13.2. The monoisotopic (exact) mass is 408 g/mol. The lowest BCUT2D eigenvalue weighted by atomic mass is 9.73. The van der Waals surface area contributed by atoms with Crippen LogP contribution < -0.4 is 5.32 Å². The highest BCUT2D eigenvalue weighted by Gasteiger charge is 2.43. The first kappa shape index (κ1) is 19.9. The molecule has 9 heteroatoms. The van der Waals surface area contributed by atoms with E-state index in [-0.39, 0.29) is 31.8 Å². The molecule has 1 aromatic carbocycles. The van der Waals surface area contributed by atoms with Gasteiger partial charge < -0.3 is 14.6 Å². The molecule has 0 saturated carbocycles. The molecule has 6 nitrogen and oxygen atoms in total. The summed E-state index contributed by atoms with van der Waals surface area (Å²) in [6.07, 6.45) is -2.89. The van der Waals surface area contributed by atoms with Gasteiger partial charge >= 0.3 is 6.18 Å². The minimum atomic E-state index is -4.25. The molecule has 2 aromatic rings. The Bertz CT molecular complexity index is 860. The lowest BCUT2D eigenvalue weighted by Gasteiger charge is -2.36. The van der Waals surface area contributed by atoms with Crippen molar-refractivity contribution in [2.24, 2.45) is 5.92 Å². The molecule has 1 amide bonds. The maximum Gasteiger partial charge on any atom is 0.393 e. The number of benzene rings is 1. The molecular weight excluding hydrogens is 385 g/mol. The first-order valence-corrected chi connectivity index (χ1v) is 9.79. The molecule has 0 unspecified atom stereocenters. The van der Waals surface area contributed by atoms with Crippen molar-refractivity contribution in [2.45, 2.75) is 50.4 Å². The Morgan fingerprint density at radius 2 is 1.93 bits per heavy atom. The van der Waals surface area contributed by atoms with Crippen LogP contribution >= 0.6 is 0 Å². The average molecular weight is 408 g/mol. The SMILES string of the molecule is O=C(NCc1nnc2n1C[C@@H](C(F)(F)F)CC2)C1(c2ccccc2)CCOCC1. The second-order valence-corrected chi connectivity index (χ2v) is 7.66. The second kappa shape index (κ2) is 7.78. The van der Waals surface area contributed by atoms with Crippen molar-refractivity contribution < 1.29 is 22.7 Å². The molecule has 2 aliphatic heterocycles. The molecule has 156 valence electrons. The molecule has 1 N–H and O–H groups in total. The summed E-state index contributed by atoms with van der Waals surface area (Å²) >= 11 is 0. The number of aromatic nitrogens is 3. The molecule has 29 heavy (non-hydrogen) atoms. The number of nitrogens with zero attached hydrogens (tertiary/aromatic N) is 3. The lowest BCUT2D eigenvalue weighted by molar-refractivity contribution is -0.182. The highest BCUT2D eigenvalue weighted by atomic mass is 19.4.